The summed E-state index contributed by atoms with van der Waals surface area (Å²) >= 11 is 0. The van der Waals surface area contributed by atoms with Crippen LogP contribution in [0.2, 0.25) is 0 Å². The fourth-order valence-corrected chi connectivity index (χ4v) is 2.88. The van der Waals surface area contributed by atoms with Crippen LogP contribution in [0.5, 0.6) is 0 Å². The topological polar surface area (TPSA) is 23.5 Å². The van der Waals surface area contributed by atoms with E-state index in [-0.39, 0.29) is 0 Å². The molecule has 0 aromatic rings. The molecule has 0 spiro atoms. The lowest BCUT2D eigenvalue weighted by Crippen LogP contribution is -2.48. The molecule has 0 atom stereocenters. The highest BCUT2D eigenvalue weighted by molar-refractivity contribution is 4.79. The van der Waals surface area contributed by atoms with E-state index in [2.05, 4.69) is 4.90 Å². The molecule has 2 fully saturated rings. The molecule has 1 saturated heterocycles. The smallest absolute Gasteiger partial charge is 0.0483 e. The van der Waals surface area contributed by atoms with Gasteiger partial charge in [-0.1, -0.05) is 25.7 Å². The molecule has 1 N–H and O–H groups in total. The lowest BCUT2D eigenvalue weighted by Gasteiger charge is -2.38. The predicted octanol–water partition coefficient (Wildman–Crippen LogP) is 1.88. The number of likely N-dealkylation sites (tertiary alicyclic amines) is 1. The molecule has 0 unspecified atom stereocenters. The lowest BCUT2D eigenvalue weighted by atomic mass is 9.98. The second kappa shape index (κ2) is 5.13. The van der Waals surface area contributed by atoms with E-state index in [1.807, 2.05) is 0 Å². The average molecular weight is 197 g/mol. The molecular weight excluding hydrogens is 174 g/mol. The predicted molar refractivity (Wildman–Crippen MR) is 58.2 cm³/mol. The Bertz CT molecular complexity index is 160. The SMILES string of the molecule is OCC1CN(CCCC2CCCC2)C1. The van der Waals surface area contributed by atoms with Gasteiger partial charge in [-0.25, -0.2) is 0 Å². The van der Waals surface area contributed by atoms with Gasteiger partial charge in [0.2, 0.25) is 0 Å². The minimum Gasteiger partial charge on any atom is -0.396 e. The van der Waals surface area contributed by atoms with Gasteiger partial charge in [0.25, 0.3) is 0 Å². The molecule has 2 heteroatoms. The van der Waals surface area contributed by atoms with Crippen LogP contribution in [-0.2, 0) is 0 Å². The van der Waals surface area contributed by atoms with Gasteiger partial charge in [0, 0.05) is 25.6 Å². The number of hydrogen-bond acceptors (Lipinski definition) is 2. The summed E-state index contributed by atoms with van der Waals surface area (Å²) in [5, 5.41) is 8.88. The van der Waals surface area contributed by atoms with E-state index >= 15 is 0 Å². The summed E-state index contributed by atoms with van der Waals surface area (Å²) in [5.41, 5.74) is 0. The molecule has 1 aliphatic carbocycles. The Morgan fingerprint density at radius 1 is 1.07 bits per heavy atom. The van der Waals surface area contributed by atoms with Gasteiger partial charge in [-0.05, 0) is 25.3 Å². The van der Waals surface area contributed by atoms with Crippen molar-refractivity contribution < 1.29 is 5.11 Å². The normalized spacial score (nSPS) is 25.5. The fraction of sp³-hybridized carbons (Fsp3) is 1.00. The van der Waals surface area contributed by atoms with Gasteiger partial charge in [0.15, 0.2) is 0 Å². The highest BCUT2D eigenvalue weighted by Gasteiger charge is 2.25. The van der Waals surface area contributed by atoms with Crippen LogP contribution in [0.15, 0.2) is 0 Å². The van der Waals surface area contributed by atoms with Crippen LogP contribution in [0.1, 0.15) is 38.5 Å². The summed E-state index contributed by atoms with van der Waals surface area (Å²) in [5.74, 6) is 1.63. The third-order valence-electron chi connectivity index (χ3n) is 3.85. The van der Waals surface area contributed by atoms with Gasteiger partial charge in [0.1, 0.15) is 0 Å². The highest BCUT2D eigenvalue weighted by Crippen LogP contribution is 2.28. The van der Waals surface area contributed by atoms with E-state index in [9.17, 15) is 0 Å². The van der Waals surface area contributed by atoms with Crippen LogP contribution in [0.4, 0.5) is 0 Å². The second-order valence-corrected chi connectivity index (χ2v) is 5.10. The molecule has 2 aliphatic rings. The third-order valence-corrected chi connectivity index (χ3v) is 3.85. The van der Waals surface area contributed by atoms with E-state index in [0.29, 0.717) is 12.5 Å². The Balaban J connectivity index is 1.47. The van der Waals surface area contributed by atoms with Crippen molar-refractivity contribution in [2.45, 2.75) is 38.5 Å². The van der Waals surface area contributed by atoms with Crippen LogP contribution in [-0.4, -0.2) is 36.2 Å². The zero-order valence-electron chi connectivity index (χ0n) is 9.12. The van der Waals surface area contributed by atoms with Gasteiger partial charge in [0.05, 0.1) is 0 Å². The third kappa shape index (κ3) is 2.71. The first-order chi connectivity index (χ1) is 6.88. The molecule has 0 radical (unpaired) electrons. The summed E-state index contributed by atoms with van der Waals surface area (Å²) in [7, 11) is 0. The van der Waals surface area contributed by atoms with E-state index in [1.54, 1.807) is 0 Å². The molecule has 2 rings (SSSR count). The zero-order chi connectivity index (χ0) is 9.80. The standard InChI is InChI=1S/C12H23NO/c14-10-12-8-13(9-12)7-3-6-11-4-1-2-5-11/h11-12,14H,1-10H2. The van der Waals surface area contributed by atoms with Gasteiger partial charge in [-0.2, -0.15) is 0 Å². The molecule has 14 heavy (non-hydrogen) atoms. The van der Waals surface area contributed by atoms with E-state index in [0.717, 1.165) is 19.0 Å². The Morgan fingerprint density at radius 3 is 2.43 bits per heavy atom. The fourth-order valence-electron chi connectivity index (χ4n) is 2.88. The van der Waals surface area contributed by atoms with Gasteiger partial charge in [-0.3, -0.25) is 0 Å². The van der Waals surface area contributed by atoms with Crippen molar-refractivity contribution in [1.82, 2.24) is 4.90 Å². The van der Waals surface area contributed by atoms with Crippen LogP contribution in [0.3, 0.4) is 0 Å². The number of nitrogens with zero attached hydrogens (tertiary/aromatic N) is 1. The van der Waals surface area contributed by atoms with E-state index < -0.39 is 0 Å². The van der Waals surface area contributed by atoms with Crippen molar-refractivity contribution in [2.75, 3.05) is 26.2 Å². The second-order valence-electron chi connectivity index (χ2n) is 5.10. The molecule has 82 valence electrons. The van der Waals surface area contributed by atoms with Crippen LogP contribution < -0.4 is 0 Å². The van der Waals surface area contributed by atoms with Crippen molar-refractivity contribution in [1.29, 1.82) is 0 Å². The van der Waals surface area contributed by atoms with E-state index in [4.69, 9.17) is 5.11 Å². The Kier molecular flexibility index (Phi) is 3.82. The molecule has 1 heterocycles. The Morgan fingerprint density at radius 2 is 1.79 bits per heavy atom. The monoisotopic (exact) mass is 197 g/mol. The number of rotatable bonds is 5. The minimum atomic E-state index is 0.388. The Hall–Kier alpha value is -0.0800. The first kappa shape index (κ1) is 10.4. The molecule has 1 aliphatic heterocycles. The summed E-state index contributed by atoms with van der Waals surface area (Å²) < 4.78 is 0. The maximum atomic E-state index is 8.88. The molecule has 0 bridgehead atoms. The van der Waals surface area contributed by atoms with Crippen molar-refractivity contribution >= 4 is 0 Å². The summed E-state index contributed by atoms with van der Waals surface area (Å²) in [6.45, 7) is 3.94. The quantitative estimate of drug-likeness (QED) is 0.727. The first-order valence-electron chi connectivity index (χ1n) is 6.21. The Labute approximate surface area is 87.3 Å². The summed E-state index contributed by atoms with van der Waals surface area (Å²) in [4.78, 5) is 2.48. The van der Waals surface area contributed by atoms with Crippen molar-refractivity contribution in [3.05, 3.63) is 0 Å². The number of aliphatic hydroxyl groups is 1. The van der Waals surface area contributed by atoms with E-state index in [1.165, 1.54) is 45.1 Å². The maximum Gasteiger partial charge on any atom is 0.0483 e. The first-order valence-corrected chi connectivity index (χ1v) is 6.21. The van der Waals surface area contributed by atoms with Gasteiger partial charge in [-0.15, -0.1) is 0 Å². The molecular formula is C12H23NO. The molecule has 2 nitrogen and oxygen atoms in total. The largest absolute Gasteiger partial charge is 0.396 e. The minimum absolute atomic E-state index is 0.388. The zero-order valence-corrected chi connectivity index (χ0v) is 9.12. The van der Waals surface area contributed by atoms with Gasteiger partial charge >= 0.3 is 0 Å². The molecule has 0 aromatic heterocycles. The summed E-state index contributed by atoms with van der Waals surface area (Å²) in [6, 6.07) is 0. The number of aliphatic hydroxyl groups excluding tert-OH is 1. The van der Waals surface area contributed by atoms with Gasteiger partial charge < -0.3 is 10.0 Å². The van der Waals surface area contributed by atoms with Crippen molar-refractivity contribution in [3.63, 3.8) is 0 Å². The van der Waals surface area contributed by atoms with Crippen molar-refractivity contribution in [2.24, 2.45) is 11.8 Å². The average Bonchev–Trinajstić information content (AvgIpc) is 2.61. The van der Waals surface area contributed by atoms with Crippen molar-refractivity contribution in [3.8, 4) is 0 Å². The molecule has 0 aromatic carbocycles. The highest BCUT2D eigenvalue weighted by atomic mass is 16.3. The number of hydrogen-bond donors (Lipinski definition) is 1. The summed E-state index contributed by atoms with van der Waals surface area (Å²) in [6.07, 6.45) is 8.74. The maximum absolute atomic E-state index is 8.88. The molecule has 1 saturated carbocycles. The molecule has 0 amide bonds. The van der Waals surface area contributed by atoms with Crippen LogP contribution in [0.25, 0.3) is 0 Å². The lowest BCUT2D eigenvalue weighted by molar-refractivity contribution is 0.0519. The van der Waals surface area contributed by atoms with Crippen LogP contribution >= 0.6 is 0 Å². The van der Waals surface area contributed by atoms with Crippen LogP contribution in [0, 0.1) is 11.8 Å².